The summed E-state index contributed by atoms with van der Waals surface area (Å²) in [7, 11) is 1.74. The van der Waals surface area contributed by atoms with Crippen molar-refractivity contribution in [1.82, 2.24) is 10.2 Å². The van der Waals surface area contributed by atoms with E-state index in [4.69, 9.17) is 10.5 Å². The van der Waals surface area contributed by atoms with Crippen molar-refractivity contribution in [2.45, 2.75) is 6.92 Å². The van der Waals surface area contributed by atoms with Gasteiger partial charge in [0.05, 0.1) is 12.3 Å². The van der Waals surface area contributed by atoms with Gasteiger partial charge in [-0.25, -0.2) is 9.79 Å². The highest BCUT2D eigenvalue weighted by Gasteiger charge is 2.14. The predicted molar refractivity (Wildman–Crippen MR) is 65.5 cm³/mol. The van der Waals surface area contributed by atoms with Crippen LogP contribution in [0, 0.1) is 0 Å². The predicted octanol–water partition coefficient (Wildman–Crippen LogP) is 0.268. The third kappa shape index (κ3) is 3.10. The Kier molecular flexibility index (Phi) is 4.33. The number of hydrogen-bond donors (Lipinski definition) is 2. The summed E-state index contributed by atoms with van der Waals surface area (Å²) in [6.07, 6.45) is 4.67. The van der Waals surface area contributed by atoms with Crippen molar-refractivity contribution in [3.8, 4) is 0 Å². The Labute approximate surface area is 100 Å². The number of ether oxygens (including phenoxy) is 1. The van der Waals surface area contributed by atoms with Crippen molar-refractivity contribution < 1.29 is 9.53 Å². The van der Waals surface area contributed by atoms with Gasteiger partial charge in [-0.1, -0.05) is 6.58 Å². The molecule has 0 saturated carbocycles. The number of nitrogens with zero attached hydrogens (tertiary/aromatic N) is 2. The Balaban J connectivity index is 2.79. The molecule has 92 valence electrons. The van der Waals surface area contributed by atoms with Gasteiger partial charge in [-0.05, 0) is 6.92 Å². The Bertz CT molecular complexity index is 410. The fraction of sp³-hybridized carbons (Fsp3) is 0.273. The minimum atomic E-state index is -0.554. The summed E-state index contributed by atoms with van der Waals surface area (Å²) in [6, 6.07) is 0. The lowest BCUT2D eigenvalue weighted by Crippen LogP contribution is -2.30. The van der Waals surface area contributed by atoms with E-state index in [2.05, 4.69) is 16.9 Å². The van der Waals surface area contributed by atoms with Gasteiger partial charge in [-0.3, -0.25) is 0 Å². The first-order valence-electron chi connectivity index (χ1n) is 5.14. The molecule has 0 bridgehead atoms. The summed E-state index contributed by atoms with van der Waals surface area (Å²) in [5.74, 6) is 0.0580. The van der Waals surface area contributed by atoms with Crippen LogP contribution in [0.25, 0.3) is 0 Å². The van der Waals surface area contributed by atoms with Gasteiger partial charge in [0.1, 0.15) is 11.5 Å². The molecule has 6 nitrogen and oxygen atoms in total. The summed E-state index contributed by atoms with van der Waals surface area (Å²) in [5.41, 5.74) is 6.20. The highest BCUT2D eigenvalue weighted by atomic mass is 16.5. The molecule has 0 radical (unpaired) electrons. The molecule has 0 atom stereocenters. The second-order valence-corrected chi connectivity index (χ2v) is 3.18. The smallest absolute Gasteiger partial charge is 0.355 e. The maximum Gasteiger partial charge on any atom is 0.355 e. The number of carbonyl (C=O) groups is 1. The van der Waals surface area contributed by atoms with Crippen LogP contribution in [0.4, 0.5) is 0 Å². The minimum absolute atomic E-state index is 0.00926. The number of hydrogen-bond acceptors (Lipinski definition) is 6. The Hall–Kier alpha value is -2.24. The second kappa shape index (κ2) is 5.74. The van der Waals surface area contributed by atoms with E-state index >= 15 is 0 Å². The molecule has 0 aliphatic carbocycles. The van der Waals surface area contributed by atoms with E-state index in [1.165, 1.54) is 6.20 Å². The van der Waals surface area contributed by atoms with Gasteiger partial charge in [0.2, 0.25) is 0 Å². The average molecular weight is 236 g/mol. The average Bonchev–Trinajstić information content (AvgIpc) is 2.32. The molecule has 0 aromatic heterocycles. The summed E-state index contributed by atoms with van der Waals surface area (Å²) in [4.78, 5) is 17.0. The fourth-order valence-corrected chi connectivity index (χ4v) is 1.21. The first kappa shape index (κ1) is 12.8. The summed E-state index contributed by atoms with van der Waals surface area (Å²) < 4.78 is 4.78. The van der Waals surface area contributed by atoms with E-state index in [1.807, 2.05) is 0 Å². The molecule has 0 aromatic rings. The van der Waals surface area contributed by atoms with E-state index in [0.717, 1.165) is 0 Å². The maximum absolute atomic E-state index is 11.3. The standard InChI is InChI=1S/C11H16N4O2/c1-4-17-11(16)9(12)7-15-6-5-14-10(13-3)8(15)2/h5-7H,2,4,12H2,1,3H3,(H,13,14)/b9-7-. The van der Waals surface area contributed by atoms with Crippen molar-refractivity contribution in [3.05, 3.63) is 36.6 Å². The number of nitrogens with one attached hydrogen (secondary N) is 1. The zero-order valence-corrected chi connectivity index (χ0v) is 9.93. The molecular formula is C11H16N4O2. The van der Waals surface area contributed by atoms with Crippen LogP contribution in [0.5, 0.6) is 0 Å². The van der Waals surface area contributed by atoms with Crippen molar-refractivity contribution >= 4 is 11.8 Å². The number of esters is 1. The topological polar surface area (TPSA) is 80.0 Å². The lowest BCUT2D eigenvalue weighted by Gasteiger charge is -2.22. The summed E-state index contributed by atoms with van der Waals surface area (Å²) >= 11 is 0. The second-order valence-electron chi connectivity index (χ2n) is 3.18. The van der Waals surface area contributed by atoms with E-state index in [9.17, 15) is 4.79 Å². The number of rotatable bonds is 3. The fourth-order valence-electron chi connectivity index (χ4n) is 1.21. The van der Waals surface area contributed by atoms with Gasteiger partial charge in [0, 0.05) is 25.6 Å². The van der Waals surface area contributed by atoms with Crippen LogP contribution in [0.15, 0.2) is 41.6 Å². The largest absolute Gasteiger partial charge is 0.461 e. The summed E-state index contributed by atoms with van der Waals surface area (Å²) in [6.45, 7) is 5.84. The monoisotopic (exact) mass is 236 g/mol. The highest BCUT2D eigenvalue weighted by molar-refractivity contribution is 5.98. The molecule has 1 rings (SSSR count). The summed E-state index contributed by atoms with van der Waals surface area (Å²) in [5, 5.41) is 2.88. The number of likely N-dealkylation sites (N-methyl/N-ethyl adjacent to an activating group) is 1. The number of aliphatic imine (C=N–C) groups is 1. The molecule has 1 heterocycles. The molecule has 0 aromatic carbocycles. The van der Waals surface area contributed by atoms with E-state index < -0.39 is 5.97 Å². The third-order valence-electron chi connectivity index (χ3n) is 2.04. The molecule has 3 N–H and O–H groups in total. The van der Waals surface area contributed by atoms with E-state index in [0.29, 0.717) is 11.5 Å². The number of amidine groups is 1. The SMILES string of the molecule is C=C1C(NC)=NC=CN1/C=C(\N)C(=O)OCC. The molecule has 1 aliphatic rings. The lowest BCUT2D eigenvalue weighted by atomic mass is 10.3. The molecular weight excluding hydrogens is 220 g/mol. The molecule has 6 heteroatoms. The number of carbonyl (C=O) groups excluding carboxylic acids is 1. The molecule has 0 spiro atoms. The van der Waals surface area contributed by atoms with Crippen LogP contribution in [-0.2, 0) is 9.53 Å². The van der Waals surface area contributed by atoms with Gasteiger partial charge in [-0.15, -0.1) is 0 Å². The molecule has 17 heavy (non-hydrogen) atoms. The van der Waals surface area contributed by atoms with Crippen molar-refractivity contribution in [2.75, 3.05) is 13.7 Å². The highest BCUT2D eigenvalue weighted by Crippen LogP contribution is 2.11. The Morgan fingerprint density at radius 2 is 2.47 bits per heavy atom. The first-order chi connectivity index (χ1) is 8.10. The minimum Gasteiger partial charge on any atom is -0.461 e. The normalized spacial score (nSPS) is 15.6. The van der Waals surface area contributed by atoms with E-state index in [1.54, 1.807) is 31.3 Å². The molecule has 0 amide bonds. The van der Waals surface area contributed by atoms with Crippen LogP contribution in [-0.4, -0.2) is 30.4 Å². The van der Waals surface area contributed by atoms with E-state index in [-0.39, 0.29) is 12.3 Å². The lowest BCUT2D eigenvalue weighted by molar-refractivity contribution is -0.138. The van der Waals surface area contributed by atoms with Gasteiger partial charge in [0.15, 0.2) is 0 Å². The Morgan fingerprint density at radius 1 is 1.76 bits per heavy atom. The van der Waals surface area contributed by atoms with Gasteiger partial charge < -0.3 is 20.7 Å². The third-order valence-corrected chi connectivity index (χ3v) is 2.04. The van der Waals surface area contributed by atoms with Crippen LogP contribution in [0.2, 0.25) is 0 Å². The van der Waals surface area contributed by atoms with Gasteiger partial charge in [-0.2, -0.15) is 0 Å². The van der Waals surface area contributed by atoms with Crippen molar-refractivity contribution in [1.29, 1.82) is 0 Å². The molecule has 0 unspecified atom stereocenters. The maximum atomic E-state index is 11.3. The molecule has 1 aliphatic heterocycles. The molecule has 0 saturated heterocycles. The van der Waals surface area contributed by atoms with Crippen LogP contribution < -0.4 is 11.1 Å². The van der Waals surface area contributed by atoms with Crippen LogP contribution >= 0.6 is 0 Å². The van der Waals surface area contributed by atoms with Crippen LogP contribution in [0.1, 0.15) is 6.92 Å². The van der Waals surface area contributed by atoms with Crippen LogP contribution in [0.3, 0.4) is 0 Å². The number of nitrogens with two attached hydrogens (primary N) is 1. The van der Waals surface area contributed by atoms with Gasteiger partial charge in [0.25, 0.3) is 0 Å². The first-order valence-corrected chi connectivity index (χ1v) is 5.14. The van der Waals surface area contributed by atoms with Crippen molar-refractivity contribution in [3.63, 3.8) is 0 Å². The molecule has 0 fully saturated rings. The quantitative estimate of drug-likeness (QED) is 0.543. The Morgan fingerprint density at radius 3 is 3.06 bits per heavy atom. The van der Waals surface area contributed by atoms with Gasteiger partial charge >= 0.3 is 5.97 Å². The zero-order chi connectivity index (χ0) is 12.8. The zero-order valence-electron chi connectivity index (χ0n) is 9.93. The van der Waals surface area contributed by atoms with Crippen molar-refractivity contribution in [2.24, 2.45) is 10.7 Å².